The molecule has 1 unspecified atom stereocenters. The fourth-order valence-corrected chi connectivity index (χ4v) is 5.39. The van der Waals surface area contributed by atoms with Gasteiger partial charge in [0.25, 0.3) is 0 Å². The summed E-state index contributed by atoms with van der Waals surface area (Å²) in [6, 6.07) is 11.8. The van der Waals surface area contributed by atoms with Gasteiger partial charge in [-0.05, 0) is 55.7 Å². The number of nitrogens with zero attached hydrogens (tertiary/aromatic N) is 1. The molecule has 1 aliphatic rings. The van der Waals surface area contributed by atoms with Crippen LogP contribution in [-0.4, -0.2) is 45.4 Å². The Labute approximate surface area is 195 Å². The van der Waals surface area contributed by atoms with Crippen molar-refractivity contribution < 1.29 is 17.9 Å². The van der Waals surface area contributed by atoms with E-state index in [2.05, 4.69) is 10.6 Å². The largest absolute Gasteiger partial charge is 0.495 e. The maximum Gasteiger partial charge on any atom is 0.243 e. The molecule has 1 heterocycles. The summed E-state index contributed by atoms with van der Waals surface area (Å²) in [6.07, 6.45) is 3.83. The summed E-state index contributed by atoms with van der Waals surface area (Å²) < 4.78 is 33.2. The van der Waals surface area contributed by atoms with Crippen LogP contribution < -0.4 is 15.4 Å². The van der Waals surface area contributed by atoms with Gasteiger partial charge in [-0.2, -0.15) is 4.31 Å². The molecule has 2 aromatic carbocycles. The standard InChI is InChI=1S/C23H30ClN3O4S/c1-17(18-7-9-19(24)10-8-18)26-23(28)16-25-21-15-20(11-12-22(21)31-2)32(29,30)27-13-5-3-4-6-14-27/h7-12,15,17,25H,3-6,13-14,16H2,1-2H3,(H,26,28). The number of anilines is 1. The second-order valence-electron chi connectivity index (χ2n) is 7.87. The van der Waals surface area contributed by atoms with Crippen molar-refractivity contribution in [1.82, 2.24) is 9.62 Å². The molecule has 0 radical (unpaired) electrons. The highest BCUT2D eigenvalue weighted by Gasteiger charge is 2.26. The van der Waals surface area contributed by atoms with Gasteiger partial charge in [0.05, 0.1) is 30.3 Å². The molecule has 2 N–H and O–H groups in total. The smallest absolute Gasteiger partial charge is 0.243 e. The predicted octanol–water partition coefficient (Wildman–Crippen LogP) is 4.20. The lowest BCUT2D eigenvalue weighted by Gasteiger charge is -2.21. The Morgan fingerprint density at radius 1 is 1.09 bits per heavy atom. The highest BCUT2D eigenvalue weighted by atomic mass is 35.5. The van der Waals surface area contributed by atoms with E-state index in [4.69, 9.17) is 16.3 Å². The van der Waals surface area contributed by atoms with Crippen LogP contribution in [0.3, 0.4) is 0 Å². The summed E-state index contributed by atoms with van der Waals surface area (Å²) >= 11 is 5.92. The van der Waals surface area contributed by atoms with Crippen LogP contribution in [0, 0.1) is 0 Å². The Kier molecular flexibility index (Phi) is 8.39. The van der Waals surface area contributed by atoms with Crippen molar-refractivity contribution in [2.75, 3.05) is 32.1 Å². The first-order chi connectivity index (χ1) is 15.3. The van der Waals surface area contributed by atoms with E-state index < -0.39 is 10.0 Å². The molecule has 1 atom stereocenters. The van der Waals surface area contributed by atoms with E-state index in [-0.39, 0.29) is 23.4 Å². The van der Waals surface area contributed by atoms with Gasteiger partial charge in [0.15, 0.2) is 0 Å². The second-order valence-corrected chi connectivity index (χ2v) is 10.2. The van der Waals surface area contributed by atoms with Crippen LogP contribution in [-0.2, 0) is 14.8 Å². The van der Waals surface area contributed by atoms with Crippen molar-refractivity contribution in [3.05, 3.63) is 53.1 Å². The number of nitrogens with one attached hydrogen (secondary N) is 2. The van der Waals surface area contributed by atoms with E-state index in [1.807, 2.05) is 19.1 Å². The number of ether oxygens (including phenoxy) is 1. The Balaban J connectivity index is 1.68. The van der Waals surface area contributed by atoms with Gasteiger partial charge in [-0.3, -0.25) is 4.79 Å². The number of halogens is 1. The summed E-state index contributed by atoms with van der Waals surface area (Å²) in [5.74, 6) is 0.244. The molecule has 1 fully saturated rings. The monoisotopic (exact) mass is 479 g/mol. The van der Waals surface area contributed by atoms with Gasteiger partial charge in [0.2, 0.25) is 15.9 Å². The van der Waals surface area contributed by atoms with Crippen LogP contribution in [0.25, 0.3) is 0 Å². The summed E-state index contributed by atoms with van der Waals surface area (Å²) in [6.45, 7) is 2.92. The minimum Gasteiger partial charge on any atom is -0.495 e. The number of carbonyl (C=O) groups excluding carboxylic acids is 1. The molecule has 0 spiro atoms. The fraction of sp³-hybridized carbons (Fsp3) is 0.435. The molecule has 1 aliphatic heterocycles. The molecular weight excluding hydrogens is 450 g/mol. The lowest BCUT2D eigenvalue weighted by molar-refractivity contribution is -0.120. The van der Waals surface area contributed by atoms with Crippen LogP contribution in [0.15, 0.2) is 47.4 Å². The number of methoxy groups -OCH3 is 1. The molecule has 1 saturated heterocycles. The van der Waals surface area contributed by atoms with Crippen molar-refractivity contribution in [3.63, 3.8) is 0 Å². The summed E-state index contributed by atoms with van der Waals surface area (Å²) in [5, 5.41) is 6.57. The topological polar surface area (TPSA) is 87.7 Å². The maximum atomic E-state index is 13.1. The third kappa shape index (κ3) is 6.15. The van der Waals surface area contributed by atoms with Gasteiger partial charge in [-0.25, -0.2) is 8.42 Å². The molecule has 2 aromatic rings. The lowest BCUT2D eigenvalue weighted by atomic mass is 10.1. The first kappa shape index (κ1) is 24.4. The molecule has 7 nitrogen and oxygen atoms in total. The molecule has 32 heavy (non-hydrogen) atoms. The SMILES string of the molecule is COc1ccc(S(=O)(=O)N2CCCCCC2)cc1NCC(=O)NC(C)c1ccc(Cl)cc1. The fourth-order valence-electron chi connectivity index (χ4n) is 3.72. The summed E-state index contributed by atoms with van der Waals surface area (Å²) in [7, 11) is -2.10. The quantitative estimate of drug-likeness (QED) is 0.592. The van der Waals surface area contributed by atoms with Crippen molar-refractivity contribution in [2.24, 2.45) is 0 Å². The Bertz CT molecular complexity index is 1020. The maximum absolute atomic E-state index is 13.1. The van der Waals surface area contributed by atoms with Crippen LogP contribution in [0.4, 0.5) is 5.69 Å². The lowest BCUT2D eigenvalue weighted by Crippen LogP contribution is -2.33. The molecule has 3 rings (SSSR count). The molecule has 0 saturated carbocycles. The van der Waals surface area contributed by atoms with E-state index in [9.17, 15) is 13.2 Å². The number of benzene rings is 2. The van der Waals surface area contributed by atoms with Crippen molar-refractivity contribution in [1.29, 1.82) is 0 Å². The zero-order chi connectivity index (χ0) is 23.1. The van der Waals surface area contributed by atoms with Crippen molar-refractivity contribution in [3.8, 4) is 5.75 Å². The number of carbonyl (C=O) groups is 1. The number of hydrogen-bond donors (Lipinski definition) is 2. The van der Waals surface area contributed by atoms with E-state index in [0.29, 0.717) is 29.5 Å². The average Bonchev–Trinajstić information content (AvgIpc) is 3.08. The van der Waals surface area contributed by atoms with E-state index in [0.717, 1.165) is 31.2 Å². The van der Waals surface area contributed by atoms with Gasteiger partial charge in [-0.1, -0.05) is 36.6 Å². The minimum atomic E-state index is -3.60. The molecular formula is C23H30ClN3O4S. The Morgan fingerprint density at radius 2 is 1.75 bits per heavy atom. The zero-order valence-electron chi connectivity index (χ0n) is 18.4. The summed E-state index contributed by atoms with van der Waals surface area (Å²) in [4.78, 5) is 12.7. The van der Waals surface area contributed by atoms with E-state index in [1.165, 1.54) is 13.2 Å². The van der Waals surface area contributed by atoms with Crippen molar-refractivity contribution in [2.45, 2.75) is 43.5 Å². The average molecular weight is 480 g/mol. The van der Waals surface area contributed by atoms with Gasteiger partial charge in [-0.15, -0.1) is 0 Å². The minimum absolute atomic E-state index is 0.0263. The number of amides is 1. The van der Waals surface area contributed by atoms with E-state index >= 15 is 0 Å². The number of sulfonamides is 1. The van der Waals surface area contributed by atoms with Crippen LogP contribution in [0.2, 0.25) is 5.02 Å². The first-order valence-electron chi connectivity index (χ1n) is 10.8. The van der Waals surface area contributed by atoms with Crippen molar-refractivity contribution >= 4 is 33.2 Å². The zero-order valence-corrected chi connectivity index (χ0v) is 20.0. The highest BCUT2D eigenvalue weighted by Crippen LogP contribution is 2.29. The van der Waals surface area contributed by atoms with Crippen LogP contribution >= 0.6 is 11.6 Å². The van der Waals surface area contributed by atoms with Crippen LogP contribution in [0.1, 0.15) is 44.2 Å². The van der Waals surface area contributed by atoms with Gasteiger partial charge in [0, 0.05) is 18.1 Å². The van der Waals surface area contributed by atoms with Gasteiger partial charge >= 0.3 is 0 Å². The molecule has 0 aliphatic carbocycles. The van der Waals surface area contributed by atoms with Crippen LogP contribution in [0.5, 0.6) is 5.75 Å². The summed E-state index contributed by atoms with van der Waals surface area (Å²) in [5.41, 5.74) is 1.39. The molecule has 0 bridgehead atoms. The second kappa shape index (κ2) is 11.0. The van der Waals surface area contributed by atoms with Gasteiger partial charge in [0.1, 0.15) is 5.75 Å². The normalized spacial score (nSPS) is 16.1. The predicted molar refractivity (Wildman–Crippen MR) is 127 cm³/mol. The highest BCUT2D eigenvalue weighted by molar-refractivity contribution is 7.89. The molecule has 1 amide bonds. The van der Waals surface area contributed by atoms with Gasteiger partial charge < -0.3 is 15.4 Å². The first-order valence-corrected chi connectivity index (χ1v) is 12.6. The molecule has 9 heteroatoms. The number of hydrogen-bond acceptors (Lipinski definition) is 5. The molecule has 0 aromatic heterocycles. The number of rotatable bonds is 8. The Hall–Kier alpha value is -2.29. The third-order valence-corrected chi connectivity index (χ3v) is 7.71. The third-order valence-electron chi connectivity index (χ3n) is 5.56. The molecule has 174 valence electrons. The Morgan fingerprint density at radius 3 is 2.38 bits per heavy atom. The van der Waals surface area contributed by atoms with E-state index in [1.54, 1.807) is 28.6 Å².